The van der Waals surface area contributed by atoms with Crippen LogP contribution < -0.4 is 15.5 Å². The van der Waals surface area contributed by atoms with Crippen molar-refractivity contribution in [2.45, 2.75) is 25.9 Å². The first kappa shape index (κ1) is 15.6. The summed E-state index contributed by atoms with van der Waals surface area (Å²) in [6, 6.07) is 5.23. The number of carbonyl (C=O) groups is 1. The Morgan fingerprint density at radius 1 is 1.48 bits per heavy atom. The molecular weight excluding hydrogens is 296 g/mol. The average molecular weight is 316 g/mol. The topological polar surface area (TPSA) is 80.4 Å². The summed E-state index contributed by atoms with van der Waals surface area (Å²) in [7, 11) is 0. The van der Waals surface area contributed by atoms with Crippen LogP contribution in [0.5, 0.6) is 5.75 Å². The van der Waals surface area contributed by atoms with Gasteiger partial charge in [0.1, 0.15) is 11.3 Å². The molecule has 1 fully saturated rings. The van der Waals surface area contributed by atoms with Crippen LogP contribution in [0.25, 0.3) is 10.9 Å². The number of fused-ring (bicyclic) bond motifs is 1. The van der Waals surface area contributed by atoms with Crippen molar-refractivity contribution in [3.63, 3.8) is 0 Å². The fourth-order valence-corrected chi connectivity index (χ4v) is 2.73. The van der Waals surface area contributed by atoms with Gasteiger partial charge in [-0.1, -0.05) is 0 Å². The number of nitrogens with one attached hydrogen (secondary N) is 2. The highest BCUT2D eigenvalue weighted by molar-refractivity contribution is 5.97. The van der Waals surface area contributed by atoms with Crippen molar-refractivity contribution in [3.8, 4) is 5.75 Å². The van der Waals surface area contributed by atoms with E-state index in [-0.39, 0.29) is 23.0 Å². The molecule has 3 rings (SSSR count). The Bertz CT molecular complexity index is 763. The maximum atomic E-state index is 12.6. The number of hydrogen-bond acceptors (Lipinski definition) is 4. The molecule has 1 aromatic carbocycles. The first-order chi connectivity index (χ1) is 11.2. The third kappa shape index (κ3) is 3.37. The first-order valence-electron chi connectivity index (χ1n) is 7.87. The second-order valence-corrected chi connectivity index (χ2v) is 5.52. The molecule has 0 radical (unpaired) electrons. The lowest BCUT2D eigenvalue weighted by Gasteiger charge is -2.11. The number of aromatic nitrogens is 1. The van der Waals surface area contributed by atoms with Gasteiger partial charge >= 0.3 is 0 Å². The van der Waals surface area contributed by atoms with E-state index in [1.54, 1.807) is 18.2 Å². The number of rotatable bonds is 5. The van der Waals surface area contributed by atoms with Crippen LogP contribution in [0.4, 0.5) is 0 Å². The van der Waals surface area contributed by atoms with Crippen molar-refractivity contribution >= 4 is 16.8 Å². The summed E-state index contributed by atoms with van der Waals surface area (Å²) >= 11 is 0. The van der Waals surface area contributed by atoms with E-state index < -0.39 is 0 Å². The minimum absolute atomic E-state index is 0.0445. The van der Waals surface area contributed by atoms with Crippen molar-refractivity contribution in [1.29, 1.82) is 0 Å². The molecule has 0 saturated carbocycles. The lowest BCUT2D eigenvalue weighted by Crippen LogP contribution is -2.34. The molecule has 1 atom stereocenters. The quantitative estimate of drug-likeness (QED) is 0.882. The molecular formula is C17H20N2O4. The second kappa shape index (κ2) is 6.83. The molecule has 2 aromatic rings. The van der Waals surface area contributed by atoms with Crippen LogP contribution in [0, 0.1) is 0 Å². The highest BCUT2D eigenvalue weighted by Gasteiger charge is 2.18. The van der Waals surface area contributed by atoms with Crippen LogP contribution in [-0.4, -0.2) is 36.8 Å². The van der Waals surface area contributed by atoms with Gasteiger partial charge in [-0.15, -0.1) is 0 Å². The van der Waals surface area contributed by atoms with Crippen LogP contribution in [0.15, 0.2) is 29.2 Å². The number of carbonyl (C=O) groups excluding carboxylic acids is 1. The van der Waals surface area contributed by atoms with Gasteiger partial charge in [0.2, 0.25) is 5.43 Å². The molecule has 122 valence electrons. The number of ether oxygens (including phenoxy) is 2. The molecule has 0 unspecified atom stereocenters. The number of benzene rings is 1. The average Bonchev–Trinajstić information content (AvgIpc) is 3.07. The summed E-state index contributed by atoms with van der Waals surface area (Å²) < 4.78 is 10.9. The van der Waals surface area contributed by atoms with Crippen molar-refractivity contribution in [2.75, 3.05) is 19.8 Å². The van der Waals surface area contributed by atoms with Crippen LogP contribution in [-0.2, 0) is 4.74 Å². The van der Waals surface area contributed by atoms with E-state index in [0.717, 1.165) is 19.4 Å². The third-order valence-corrected chi connectivity index (χ3v) is 3.92. The van der Waals surface area contributed by atoms with E-state index in [1.165, 1.54) is 6.20 Å². The molecule has 1 saturated heterocycles. The van der Waals surface area contributed by atoms with E-state index in [9.17, 15) is 9.59 Å². The summed E-state index contributed by atoms with van der Waals surface area (Å²) in [5.41, 5.74) is 0.475. The van der Waals surface area contributed by atoms with Crippen LogP contribution >= 0.6 is 0 Å². The Hall–Kier alpha value is -2.34. The Kier molecular flexibility index (Phi) is 4.62. The summed E-state index contributed by atoms with van der Waals surface area (Å²) in [6.07, 6.45) is 3.45. The molecule has 2 N–H and O–H groups in total. The molecule has 0 bridgehead atoms. The van der Waals surface area contributed by atoms with Gasteiger partial charge in [-0.05, 0) is 38.0 Å². The van der Waals surface area contributed by atoms with Gasteiger partial charge in [0.05, 0.1) is 12.7 Å². The zero-order chi connectivity index (χ0) is 16.2. The second-order valence-electron chi connectivity index (χ2n) is 5.52. The van der Waals surface area contributed by atoms with E-state index >= 15 is 0 Å². The molecule has 6 heteroatoms. The highest BCUT2D eigenvalue weighted by Crippen LogP contribution is 2.17. The van der Waals surface area contributed by atoms with Gasteiger partial charge in [0.25, 0.3) is 5.91 Å². The summed E-state index contributed by atoms with van der Waals surface area (Å²) in [5, 5.41) is 3.22. The standard InChI is InChI=1S/C17H20N2O4/c1-2-22-11-5-6-15-13(8-11)16(20)14(10-18-15)17(21)19-9-12-4-3-7-23-12/h5-6,8,10,12H,2-4,7,9H2,1H3,(H,18,20)(H,19,21)/t12-/m0/s1. The van der Waals surface area contributed by atoms with Crippen molar-refractivity contribution in [3.05, 3.63) is 40.2 Å². The summed E-state index contributed by atoms with van der Waals surface area (Å²) in [5.74, 6) is 0.230. The third-order valence-electron chi connectivity index (χ3n) is 3.92. The molecule has 1 aliphatic heterocycles. The molecule has 2 heterocycles. The normalized spacial score (nSPS) is 17.3. The minimum atomic E-state index is -0.384. The smallest absolute Gasteiger partial charge is 0.256 e. The van der Waals surface area contributed by atoms with Crippen molar-refractivity contribution < 1.29 is 14.3 Å². The fraction of sp³-hybridized carbons (Fsp3) is 0.412. The van der Waals surface area contributed by atoms with Crippen LogP contribution in [0.3, 0.4) is 0 Å². The summed E-state index contributed by atoms with van der Waals surface area (Å²) in [4.78, 5) is 27.8. The SMILES string of the molecule is CCOc1ccc2[nH]cc(C(=O)NC[C@@H]3CCCO3)c(=O)c2c1. The van der Waals surface area contributed by atoms with Crippen LogP contribution in [0.1, 0.15) is 30.1 Å². The van der Waals surface area contributed by atoms with Gasteiger partial charge in [-0.3, -0.25) is 9.59 Å². The van der Waals surface area contributed by atoms with Gasteiger partial charge in [-0.25, -0.2) is 0 Å². The van der Waals surface area contributed by atoms with E-state index in [4.69, 9.17) is 9.47 Å². The maximum Gasteiger partial charge on any atom is 0.256 e. The Morgan fingerprint density at radius 2 is 2.35 bits per heavy atom. The first-order valence-corrected chi connectivity index (χ1v) is 7.87. The van der Waals surface area contributed by atoms with E-state index in [2.05, 4.69) is 10.3 Å². The Labute approximate surface area is 133 Å². The Morgan fingerprint density at radius 3 is 3.09 bits per heavy atom. The molecule has 0 spiro atoms. The maximum absolute atomic E-state index is 12.6. The van der Waals surface area contributed by atoms with Gasteiger partial charge in [0, 0.05) is 30.3 Å². The van der Waals surface area contributed by atoms with Crippen molar-refractivity contribution in [1.82, 2.24) is 10.3 Å². The lowest BCUT2D eigenvalue weighted by atomic mass is 10.1. The monoisotopic (exact) mass is 316 g/mol. The van der Waals surface area contributed by atoms with Gasteiger partial charge < -0.3 is 19.8 Å². The molecule has 6 nitrogen and oxygen atoms in total. The molecule has 23 heavy (non-hydrogen) atoms. The molecule has 1 aromatic heterocycles. The van der Waals surface area contributed by atoms with Gasteiger partial charge in [0.15, 0.2) is 0 Å². The van der Waals surface area contributed by atoms with Gasteiger partial charge in [-0.2, -0.15) is 0 Å². The van der Waals surface area contributed by atoms with E-state index in [1.807, 2.05) is 6.92 Å². The number of H-pyrrole nitrogens is 1. The zero-order valence-electron chi connectivity index (χ0n) is 13.1. The Balaban J connectivity index is 1.83. The van der Waals surface area contributed by atoms with E-state index in [0.29, 0.717) is 29.8 Å². The predicted molar refractivity (Wildman–Crippen MR) is 87.0 cm³/mol. The predicted octanol–water partition coefficient (Wildman–Crippen LogP) is 1.84. The van der Waals surface area contributed by atoms with Crippen molar-refractivity contribution in [2.24, 2.45) is 0 Å². The number of amides is 1. The number of aromatic amines is 1. The summed E-state index contributed by atoms with van der Waals surface area (Å²) in [6.45, 7) is 3.56. The molecule has 0 aliphatic carbocycles. The largest absolute Gasteiger partial charge is 0.494 e. The highest BCUT2D eigenvalue weighted by atomic mass is 16.5. The number of hydrogen-bond donors (Lipinski definition) is 2. The number of pyridine rings is 1. The minimum Gasteiger partial charge on any atom is -0.494 e. The molecule has 1 aliphatic rings. The molecule has 1 amide bonds. The fourth-order valence-electron chi connectivity index (χ4n) is 2.73. The lowest BCUT2D eigenvalue weighted by molar-refractivity contribution is 0.0857. The zero-order valence-corrected chi connectivity index (χ0v) is 13.1. The van der Waals surface area contributed by atoms with Crippen LogP contribution in [0.2, 0.25) is 0 Å².